The number of hydrogen-bond acceptors (Lipinski definition) is 5. The van der Waals surface area contributed by atoms with Crippen molar-refractivity contribution < 1.29 is 9.47 Å². The quantitative estimate of drug-likeness (QED) is 0.901. The Labute approximate surface area is 116 Å². The number of ether oxygens (including phenoxy) is 2. The van der Waals surface area contributed by atoms with E-state index in [1.54, 1.807) is 11.3 Å². The maximum absolute atomic E-state index is 5.86. The number of nitrogen functional groups attached to an aromatic ring is 1. The zero-order valence-electron chi connectivity index (χ0n) is 10.9. The van der Waals surface area contributed by atoms with E-state index >= 15 is 0 Å². The molecule has 0 bridgehead atoms. The average molecular weight is 276 g/mol. The Morgan fingerprint density at radius 2 is 2.00 bits per heavy atom. The van der Waals surface area contributed by atoms with E-state index in [1.165, 1.54) is 0 Å². The van der Waals surface area contributed by atoms with Crippen molar-refractivity contribution in [3.8, 4) is 11.5 Å². The van der Waals surface area contributed by atoms with Crippen LogP contribution in [0.3, 0.4) is 0 Å². The first-order valence-electron chi connectivity index (χ1n) is 6.11. The van der Waals surface area contributed by atoms with Gasteiger partial charge in [-0.2, -0.15) is 0 Å². The highest BCUT2D eigenvalue weighted by atomic mass is 32.1. The van der Waals surface area contributed by atoms with Gasteiger partial charge in [-0.1, -0.05) is 0 Å². The monoisotopic (exact) mass is 276 g/mol. The Bertz CT molecular complexity index is 607. The summed E-state index contributed by atoms with van der Waals surface area (Å²) in [5.74, 6) is 0.972. The largest absolute Gasteiger partial charge is 0.449 e. The van der Waals surface area contributed by atoms with Gasteiger partial charge in [0, 0.05) is 36.2 Å². The molecular formula is C14H16N2O2S. The fraction of sp³-hybridized carbons (Fsp3) is 0.286. The minimum absolute atomic E-state index is 0.584. The number of rotatable bonds is 3. The summed E-state index contributed by atoms with van der Waals surface area (Å²) in [6.07, 6.45) is 0. The van der Waals surface area contributed by atoms with Crippen LogP contribution in [0.5, 0.6) is 11.5 Å². The zero-order valence-corrected chi connectivity index (χ0v) is 11.7. The Hall–Kier alpha value is -1.88. The highest BCUT2D eigenvalue weighted by molar-refractivity contribution is 7.10. The number of thiophene rings is 1. The fourth-order valence-electron chi connectivity index (χ4n) is 2.01. The Morgan fingerprint density at radius 3 is 2.74 bits per heavy atom. The van der Waals surface area contributed by atoms with Gasteiger partial charge in [-0.15, -0.1) is 11.3 Å². The Morgan fingerprint density at radius 1 is 1.21 bits per heavy atom. The minimum atomic E-state index is -0.584. The van der Waals surface area contributed by atoms with Gasteiger partial charge in [-0.3, -0.25) is 0 Å². The molecule has 0 unspecified atom stereocenters. The van der Waals surface area contributed by atoms with E-state index in [9.17, 15) is 0 Å². The van der Waals surface area contributed by atoms with E-state index in [4.69, 9.17) is 15.2 Å². The molecular weight excluding hydrogens is 260 g/mol. The van der Waals surface area contributed by atoms with Crippen LogP contribution in [0.4, 0.5) is 11.4 Å². The SMILES string of the molecule is CC1(C)Oc2ccc(NCc3sccc3N)cc2O1. The molecule has 19 heavy (non-hydrogen) atoms. The van der Waals surface area contributed by atoms with Gasteiger partial charge in [0.15, 0.2) is 11.5 Å². The molecule has 100 valence electrons. The molecule has 0 saturated heterocycles. The minimum Gasteiger partial charge on any atom is -0.449 e. The molecule has 1 aromatic heterocycles. The van der Waals surface area contributed by atoms with Gasteiger partial charge in [0.05, 0.1) is 6.54 Å². The molecule has 0 radical (unpaired) electrons. The van der Waals surface area contributed by atoms with E-state index in [0.29, 0.717) is 6.54 Å². The maximum atomic E-state index is 5.86. The van der Waals surface area contributed by atoms with Crippen molar-refractivity contribution in [2.24, 2.45) is 0 Å². The molecule has 1 aromatic carbocycles. The highest BCUT2D eigenvalue weighted by Gasteiger charge is 2.31. The van der Waals surface area contributed by atoms with E-state index in [1.807, 2.05) is 43.5 Å². The van der Waals surface area contributed by atoms with E-state index in [0.717, 1.165) is 27.8 Å². The summed E-state index contributed by atoms with van der Waals surface area (Å²) < 4.78 is 11.4. The van der Waals surface area contributed by atoms with Crippen LogP contribution < -0.4 is 20.5 Å². The summed E-state index contributed by atoms with van der Waals surface area (Å²) in [6, 6.07) is 7.77. The number of fused-ring (bicyclic) bond motifs is 1. The molecule has 0 atom stereocenters. The van der Waals surface area contributed by atoms with Crippen LogP contribution in [0, 0.1) is 0 Å². The standard InChI is InChI=1S/C14H16N2O2S/c1-14(2)17-11-4-3-9(7-12(11)18-14)16-8-13-10(15)5-6-19-13/h3-7,16H,8,15H2,1-2H3. The smallest absolute Gasteiger partial charge is 0.246 e. The summed E-state index contributed by atoms with van der Waals surface area (Å²) >= 11 is 1.65. The molecule has 0 aliphatic carbocycles. The van der Waals surface area contributed by atoms with Gasteiger partial charge in [0.25, 0.3) is 0 Å². The van der Waals surface area contributed by atoms with Crippen LogP contribution in [0.15, 0.2) is 29.6 Å². The summed E-state index contributed by atoms with van der Waals surface area (Å²) in [5, 5.41) is 5.33. The predicted molar refractivity (Wildman–Crippen MR) is 77.8 cm³/mol. The third kappa shape index (κ3) is 2.46. The molecule has 1 aliphatic rings. The van der Waals surface area contributed by atoms with Gasteiger partial charge < -0.3 is 20.5 Å². The first-order valence-corrected chi connectivity index (χ1v) is 6.99. The molecule has 0 saturated carbocycles. The number of nitrogens with one attached hydrogen (secondary N) is 1. The van der Waals surface area contributed by atoms with Crippen LogP contribution in [0.1, 0.15) is 18.7 Å². The molecule has 1 aliphatic heterocycles. The van der Waals surface area contributed by atoms with Crippen molar-refractivity contribution in [3.05, 3.63) is 34.5 Å². The third-order valence-corrected chi connectivity index (χ3v) is 3.82. The lowest BCUT2D eigenvalue weighted by molar-refractivity contribution is -0.0431. The molecule has 0 fully saturated rings. The average Bonchev–Trinajstić information content (AvgIpc) is 2.87. The lowest BCUT2D eigenvalue weighted by atomic mass is 10.2. The predicted octanol–water partition coefficient (Wildman–Crippen LogP) is 3.45. The van der Waals surface area contributed by atoms with Crippen LogP contribution in [-0.2, 0) is 6.54 Å². The van der Waals surface area contributed by atoms with E-state index in [2.05, 4.69) is 5.32 Å². The van der Waals surface area contributed by atoms with Crippen molar-refractivity contribution in [2.75, 3.05) is 11.1 Å². The second-order valence-electron chi connectivity index (χ2n) is 4.92. The molecule has 5 heteroatoms. The lowest BCUT2D eigenvalue weighted by Crippen LogP contribution is -2.29. The van der Waals surface area contributed by atoms with Crippen molar-refractivity contribution in [1.82, 2.24) is 0 Å². The van der Waals surface area contributed by atoms with Crippen molar-refractivity contribution >= 4 is 22.7 Å². The summed E-state index contributed by atoms with van der Waals surface area (Å²) in [5.41, 5.74) is 7.68. The molecule has 2 heterocycles. The summed E-state index contributed by atoms with van der Waals surface area (Å²) in [6.45, 7) is 4.51. The first-order chi connectivity index (χ1) is 9.03. The fourth-order valence-corrected chi connectivity index (χ4v) is 2.75. The number of benzene rings is 1. The Kier molecular flexibility index (Phi) is 2.78. The third-order valence-electron chi connectivity index (χ3n) is 2.89. The van der Waals surface area contributed by atoms with Gasteiger partial charge in [-0.25, -0.2) is 0 Å². The lowest BCUT2D eigenvalue weighted by Gasteiger charge is -2.16. The van der Waals surface area contributed by atoms with E-state index in [-0.39, 0.29) is 0 Å². The number of hydrogen-bond donors (Lipinski definition) is 2. The van der Waals surface area contributed by atoms with Gasteiger partial charge in [-0.05, 0) is 23.6 Å². The van der Waals surface area contributed by atoms with E-state index < -0.39 is 5.79 Å². The number of nitrogens with two attached hydrogens (primary N) is 1. The molecule has 0 spiro atoms. The zero-order chi connectivity index (χ0) is 13.5. The first kappa shape index (κ1) is 12.2. The van der Waals surface area contributed by atoms with Crippen LogP contribution in [-0.4, -0.2) is 5.79 Å². The highest BCUT2D eigenvalue weighted by Crippen LogP contribution is 2.40. The van der Waals surface area contributed by atoms with Crippen LogP contribution in [0.2, 0.25) is 0 Å². The maximum Gasteiger partial charge on any atom is 0.246 e. The second kappa shape index (κ2) is 4.35. The number of anilines is 2. The van der Waals surface area contributed by atoms with Crippen molar-refractivity contribution in [1.29, 1.82) is 0 Å². The van der Waals surface area contributed by atoms with Crippen molar-refractivity contribution in [3.63, 3.8) is 0 Å². The van der Waals surface area contributed by atoms with Gasteiger partial charge in [0.2, 0.25) is 5.79 Å². The van der Waals surface area contributed by atoms with Crippen LogP contribution in [0.25, 0.3) is 0 Å². The molecule has 3 N–H and O–H groups in total. The summed E-state index contributed by atoms with van der Waals surface area (Å²) in [4.78, 5) is 1.14. The molecule has 4 nitrogen and oxygen atoms in total. The Balaban J connectivity index is 1.72. The normalized spacial score (nSPS) is 15.5. The summed E-state index contributed by atoms with van der Waals surface area (Å²) in [7, 11) is 0. The van der Waals surface area contributed by atoms with Gasteiger partial charge >= 0.3 is 0 Å². The van der Waals surface area contributed by atoms with Crippen molar-refractivity contribution in [2.45, 2.75) is 26.2 Å². The second-order valence-corrected chi connectivity index (χ2v) is 5.92. The molecule has 3 rings (SSSR count). The van der Waals surface area contributed by atoms with Gasteiger partial charge in [0.1, 0.15) is 0 Å². The topological polar surface area (TPSA) is 56.5 Å². The van der Waals surface area contributed by atoms with Crippen LogP contribution >= 0.6 is 11.3 Å². The molecule has 0 amide bonds. The molecule has 2 aromatic rings.